The summed E-state index contributed by atoms with van der Waals surface area (Å²) in [6, 6.07) is 6.67. The van der Waals surface area contributed by atoms with E-state index in [2.05, 4.69) is 22.1 Å². The van der Waals surface area contributed by atoms with Crippen LogP contribution in [0, 0.1) is 12.7 Å². The molecule has 0 unspecified atom stereocenters. The maximum atomic E-state index is 13.7. The highest BCUT2D eigenvalue weighted by molar-refractivity contribution is 5.74. The van der Waals surface area contributed by atoms with Gasteiger partial charge in [0.05, 0.1) is 0 Å². The second kappa shape index (κ2) is 8.99. The van der Waals surface area contributed by atoms with Crippen molar-refractivity contribution in [2.75, 3.05) is 37.6 Å². The van der Waals surface area contributed by atoms with E-state index in [1.807, 2.05) is 24.8 Å². The quantitative estimate of drug-likeness (QED) is 0.860. The molecule has 0 atom stereocenters. The normalized spacial score (nSPS) is 14.3. The van der Waals surface area contributed by atoms with E-state index in [0.29, 0.717) is 39.1 Å². The van der Waals surface area contributed by atoms with Gasteiger partial charge in [-0.15, -0.1) is 0 Å². The predicted octanol–water partition coefficient (Wildman–Crippen LogP) is 2.93. The van der Waals surface area contributed by atoms with Crippen molar-refractivity contribution in [3.63, 3.8) is 0 Å². The predicted molar refractivity (Wildman–Crippen MR) is 108 cm³/mol. The molecule has 3 rings (SSSR count). The third-order valence-corrected chi connectivity index (χ3v) is 4.98. The van der Waals surface area contributed by atoms with Gasteiger partial charge in [-0.05, 0) is 38.0 Å². The van der Waals surface area contributed by atoms with E-state index in [0.717, 1.165) is 34.9 Å². The average molecular weight is 385 g/mol. The van der Waals surface area contributed by atoms with Gasteiger partial charge < -0.3 is 15.1 Å². The second-order valence-electron chi connectivity index (χ2n) is 6.99. The Kier molecular flexibility index (Phi) is 6.44. The summed E-state index contributed by atoms with van der Waals surface area (Å²) >= 11 is 0. The highest BCUT2D eigenvalue weighted by atomic mass is 19.1. The van der Waals surface area contributed by atoms with Gasteiger partial charge in [0.15, 0.2) is 0 Å². The van der Waals surface area contributed by atoms with Crippen LogP contribution in [0.5, 0.6) is 0 Å². The summed E-state index contributed by atoms with van der Waals surface area (Å²) in [5, 5.41) is 2.85. The van der Waals surface area contributed by atoms with Gasteiger partial charge >= 0.3 is 6.03 Å². The highest BCUT2D eigenvalue weighted by Crippen LogP contribution is 2.26. The van der Waals surface area contributed by atoms with E-state index >= 15 is 0 Å². The van der Waals surface area contributed by atoms with Crippen molar-refractivity contribution < 1.29 is 9.18 Å². The summed E-state index contributed by atoms with van der Waals surface area (Å²) in [5.41, 5.74) is 2.95. The molecular weight excluding hydrogens is 357 g/mol. The fourth-order valence-corrected chi connectivity index (χ4v) is 3.61. The van der Waals surface area contributed by atoms with Gasteiger partial charge in [-0.1, -0.05) is 19.1 Å². The van der Waals surface area contributed by atoms with E-state index in [1.165, 1.54) is 6.07 Å². The molecule has 1 N–H and O–H groups in total. The Hall–Kier alpha value is -2.70. The lowest BCUT2D eigenvalue weighted by atomic mass is 10.0. The lowest BCUT2D eigenvalue weighted by Crippen LogP contribution is -2.52. The molecule has 7 heteroatoms. The molecule has 0 saturated carbocycles. The summed E-state index contributed by atoms with van der Waals surface area (Å²) in [4.78, 5) is 25.5. The zero-order valence-electron chi connectivity index (χ0n) is 16.8. The van der Waals surface area contributed by atoms with E-state index in [4.69, 9.17) is 4.98 Å². The molecule has 2 amide bonds. The summed E-state index contributed by atoms with van der Waals surface area (Å²) in [5.74, 6) is 1.41. The SMILES string of the molecule is CCNC(=O)N1CCN(c2nc(C)nc(CC)c2Cc2cccc(F)c2)CC1. The second-order valence-corrected chi connectivity index (χ2v) is 6.99. The van der Waals surface area contributed by atoms with Crippen molar-refractivity contribution in [1.29, 1.82) is 0 Å². The topological polar surface area (TPSA) is 61.4 Å². The number of piperazine rings is 1. The molecule has 1 aromatic heterocycles. The standard InChI is InChI=1S/C21H28FN5O/c1-4-19-18(14-16-7-6-8-17(22)13-16)20(25-15(3)24-19)26-9-11-27(12-10-26)21(28)23-5-2/h6-8,13H,4-5,9-12,14H2,1-3H3,(H,23,28). The number of aryl methyl sites for hydroxylation is 2. The molecule has 28 heavy (non-hydrogen) atoms. The van der Waals surface area contributed by atoms with Crippen molar-refractivity contribution in [3.05, 3.63) is 52.7 Å². The molecule has 0 aliphatic carbocycles. The first-order valence-electron chi connectivity index (χ1n) is 9.90. The Balaban J connectivity index is 1.86. The summed E-state index contributed by atoms with van der Waals surface area (Å²) in [7, 11) is 0. The van der Waals surface area contributed by atoms with Gasteiger partial charge in [0.2, 0.25) is 0 Å². The lowest BCUT2D eigenvalue weighted by molar-refractivity contribution is 0.195. The van der Waals surface area contributed by atoms with E-state index < -0.39 is 0 Å². The number of anilines is 1. The first-order chi connectivity index (χ1) is 13.5. The van der Waals surface area contributed by atoms with E-state index in [9.17, 15) is 9.18 Å². The van der Waals surface area contributed by atoms with Crippen LogP contribution in [0.1, 0.15) is 36.5 Å². The average Bonchev–Trinajstić information content (AvgIpc) is 2.69. The number of nitrogens with one attached hydrogen (secondary N) is 1. The molecule has 1 aromatic carbocycles. The fourth-order valence-electron chi connectivity index (χ4n) is 3.61. The number of nitrogens with zero attached hydrogens (tertiary/aromatic N) is 4. The van der Waals surface area contributed by atoms with E-state index in [-0.39, 0.29) is 11.8 Å². The first-order valence-corrected chi connectivity index (χ1v) is 9.90. The molecule has 0 bridgehead atoms. The number of amides is 2. The summed E-state index contributed by atoms with van der Waals surface area (Å²) in [6.07, 6.45) is 1.38. The zero-order valence-corrected chi connectivity index (χ0v) is 16.8. The van der Waals surface area contributed by atoms with Crippen LogP contribution in [0.15, 0.2) is 24.3 Å². The maximum absolute atomic E-state index is 13.7. The Bertz CT molecular complexity index is 834. The number of hydrogen-bond acceptors (Lipinski definition) is 4. The summed E-state index contributed by atoms with van der Waals surface area (Å²) < 4.78 is 13.7. The van der Waals surface area contributed by atoms with Crippen LogP contribution in [-0.2, 0) is 12.8 Å². The molecule has 1 aliphatic heterocycles. The molecule has 6 nitrogen and oxygen atoms in total. The Morgan fingerprint density at radius 2 is 1.93 bits per heavy atom. The van der Waals surface area contributed by atoms with Crippen molar-refractivity contribution in [2.24, 2.45) is 0 Å². The highest BCUT2D eigenvalue weighted by Gasteiger charge is 2.25. The number of carbonyl (C=O) groups excluding carboxylic acids is 1. The van der Waals surface area contributed by atoms with Gasteiger partial charge in [-0.3, -0.25) is 0 Å². The molecule has 150 valence electrons. The van der Waals surface area contributed by atoms with Crippen LogP contribution < -0.4 is 10.2 Å². The van der Waals surface area contributed by atoms with Crippen LogP contribution >= 0.6 is 0 Å². The van der Waals surface area contributed by atoms with Crippen molar-refractivity contribution in [3.8, 4) is 0 Å². The molecule has 1 saturated heterocycles. The van der Waals surface area contributed by atoms with Gasteiger partial charge in [-0.2, -0.15) is 0 Å². The number of hydrogen-bond donors (Lipinski definition) is 1. The Morgan fingerprint density at radius 1 is 1.18 bits per heavy atom. The minimum Gasteiger partial charge on any atom is -0.353 e. The minimum atomic E-state index is -0.235. The molecule has 0 spiro atoms. The lowest BCUT2D eigenvalue weighted by Gasteiger charge is -2.36. The smallest absolute Gasteiger partial charge is 0.317 e. The van der Waals surface area contributed by atoms with Crippen LogP contribution in [0.4, 0.5) is 15.0 Å². The molecule has 1 aliphatic rings. The van der Waals surface area contributed by atoms with Gasteiger partial charge in [-0.25, -0.2) is 19.2 Å². The van der Waals surface area contributed by atoms with Crippen LogP contribution in [0.25, 0.3) is 0 Å². The first kappa shape index (κ1) is 20.0. The third kappa shape index (κ3) is 4.58. The monoisotopic (exact) mass is 385 g/mol. The van der Waals surface area contributed by atoms with Crippen molar-refractivity contribution in [2.45, 2.75) is 33.6 Å². The fraction of sp³-hybridized carbons (Fsp3) is 0.476. The number of halogens is 1. The van der Waals surface area contributed by atoms with Crippen molar-refractivity contribution >= 4 is 11.8 Å². The largest absolute Gasteiger partial charge is 0.353 e. The molecule has 1 fully saturated rings. The van der Waals surface area contributed by atoms with Gasteiger partial charge in [0.1, 0.15) is 17.5 Å². The van der Waals surface area contributed by atoms with Crippen LogP contribution in [0.3, 0.4) is 0 Å². The molecular formula is C21H28FN5O. The van der Waals surface area contributed by atoms with Gasteiger partial charge in [0, 0.05) is 50.4 Å². The Labute approximate surface area is 165 Å². The molecule has 2 aromatic rings. The number of urea groups is 1. The molecule has 2 heterocycles. The van der Waals surface area contributed by atoms with Crippen LogP contribution in [-0.4, -0.2) is 53.6 Å². The molecule has 0 radical (unpaired) electrons. The van der Waals surface area contributed by atoms with Crippen molar-refractivity contribution in [1.82, 2.24) is 20.2 Å². The maximum Gasteiger partial charge on any atom is 0.317 e. The van der Waals surface area contributed by atoms with Crippen LogP contribution in [0.2, 0.25) is 0 Å². The number of aromatic nitrogens is 2. The number of benzene rings is 1. The number of rotatable bonds is 5. The third-order valence-electron chi connectivity index (χ3n) is 4.98. The van der Waals surface area contributed by atoms with Gasteiger partial charge in [0.25, 0.3) is 0 Å². The van der Waals surface area contributed by atoms with E-state index in [1.54, 1.807) is 12.1 Å². The summed E-state index contributed by atoms with van der Waals surface area (Å²) in [6.45, 7) is 9.25. The zero-order chi connectivity index (χ0) is 20.1. The number of carbonyl (C=O) groups is 1. The Morgan fingerprint density at radius 3 is 2.57 bits per heavy atom. The minimum absolute atomic E-state index is 0.0183.